The van der Waals surface area contributed by atoms with Crippen molar-refractivity contribution < 1.29 is 4.79 Å². The number of Topliss-reactive ketones (excluding diaryl/α,β-unsaturated/α-hetero) is 1. The van der Waals surface area contributed by atoms with E-state index < -0.39 is 0 Å². The lowest BCUT2D eigenvalue weighted by molar-refractivity contribution is -0.118. The molecule has 0 spiro atoms. The van der Waals surface area contributed by atoms with Gasteiger partial charge in [0.1, 0.15) is 5.78 Å². The zero-order valence-corrected chi connectivity index (χ0v) is 10.5. The van der Waals surface area contributed by atoms with Crippen LogP contribution >= 0.6 is 0 Å². The number of hydrogen-bond donors (Lipinski definition) is 0. The fourth-order valence-corrected chi connectivity index (χ4v) is 2.58. The molecule has 1 aromatic heterocycles. The molecule has 17 heavy (non-hydrogen) atoms. The first kappa shape index (κ1) is 12.3. The summed E-state index contributed by atoms with van der Waals surface area (Å²) in [6, 6.07) is 2.40. The van der Waals surface area contributed by atoms with Crippen LogP contribution in [0.3, 0.4) is 0 Å². The van der Waals surface area contributed by atoms with Crippen LogP contribution in [0.1, 0.15) is 32.6 Å². The Labute approximate surface area is 103 Å². The van der Waals surface area contributed by atoms with E-state index in [2.05, 4.69) is 10.00 Å². The molecule has 0 saturated carbocycles. The summed E-state index contributed by atoms with van der Waals surface area (Å²) in [5.74, 6) is 0.306. The van der Waals surface area contributed by atoms with Crippen molar-refractivity contribution in [3.05, 3.63) is 18.5 Å². The Kier molecular flexibility index (Phi) is 4.31. The quantitative estimate of drug-likeness (QED) is 0.780. The third-order valence-corrected chi connectivity index (χ3v) is 3.45. The molecule has 0 aromatic carbocycles. The minimum atomic E-state index is 0.306. The lowest BCUT2D eigenvalue weighted by Crippen LogP contribution is -2.42. The van der Waals surface area contributed by atoms with Crippen molar-refractivity contribution in [3.63, 3.8) is 0 Å². The maximum atomic E-state index is 11.2. The van der Waals surface area contributed by atoms with Crippen molar-refractivity contribution in [2.75, 3.05) is 13.1 Å². The van der Waals surface area contributed by atoms with Gasteiger partial charge in [-0.3, -0.25) is 14.4 Å². The highest BCUT2D eigenvalue weighted by Gasteiger charge is 2.22. The summed E-state index contributed by atoms with van der Waals surface area (Å²) in [5.41, 5.74) is 0. The van der Waals surface area contributed by atoms with Crippen LogP contribution in [0.4, 0.5) is 0 Å². The predicted molar refractivity (Wildman–Crippen MR) is 66.7 cm³/mol. The van der Waals surface area contributed by atoms with Crippen molar-refractivity contribution in [1.82, 2.24) is 14.7 Å². The highest BCUT2D eigenvalue weighted by Crippen LogP contribution is 2.19. The molecule has 0 bridgehead atoms. The number of ketones is 1. The van der Waals surface area contributed by atoms with E-state index in [4.69, 9.17) is 0 Å². The molecule has 1 unspecified atom stereocenters. The number of hydrogen-bond acceptors (Lipinski definition) is 3. The predicted octanol–water partition coefficient (Wildman–Crippen LogP) is 1.72. The summed E-state index contributed by atoms with van der Waals surface area (Å²) < 4.78 is 1.96. The van der Waals surface area contributed by atoms with Crippen LogP contribution in [0.25, 0.3) is 0 Å². The van der Waals surface area contributed by atoms with E-state index in [0.717, 1.165) is 19.6 Å². The van der Waals surface area contributed by atoms with Crippen LogP contribution in [-0.4, -0.2) is 39.6 Å². The van der Waals surface area contributed by atoms with E-state index in [1.54, 1.807) is 6.92 Å². The Hall–Kier alpha value is -1.16. The Morgan fingerprint density at radius 1 is 1.41 bits per heavy atom. The molecule has 1 saturated heterocycles. The lowest BCUT2D eigenvalue weighted by atomic mass is 9.98. The maximum absolute atomic E-state index is 11.2. The second-order valence-electron chi connectivity index (χ2n) is 4.86. The van der Waals surface area contributed by atoms with Crippen LogP contribution in [0.15, 0.2) is 18.5 Å². The number of carbonyl (C=O) groups excluding carboxylic acids is 1. The minimum absolute atomic E-state index is 0.306. The fraction of sp³-hybridized carbons (Fsp3) is 0.692. The van der Waals surface area contributed by atoms with Gasteiger partial charge in [0, 0.05) is 31.4 Å². The first-order chi connectivity index (χ1) is 8.25. The summed E-state index contributed by atoms with van der Waals surface area (Å²) >= 11 is 0. The van der Waals surface area contributed by atoms with Gasteiger partial charge in [0.15, 0.2) is 0 Å². The van der Waals surface area contributed by atoms with E-state index in [-0.39, 0.29) is 0 Å². The van der Waals surface area contributed by atoms with Crippen molar-refractivity contribution in [2.24, 2.45) is 0 Å². The summed E-state index contributed by atoms with van der Waals surface area (Å²) in [6.45, 7) is 4.74. The Bertz CT molecular complexity index is 348. The molecule has 0 aliphatic carbocycles. The largest absolute Gasteiger partial charge is 0.300 e. The average Bonchev–Trinajstić information content (AvgIpc) is 2.80. The van der Waals surface area contributed by atoms with Crippen LogP contribution in [0.2, 0.25) is 0 Å². The highest BCUT2D eigenvalue weighted by atomic mass is 16.1. The van der Waals surface area contributed by atoms with Gasteiger partial charge in [-0.1, -0.05) is 6.42 Å². The first-order valence-electron chi connectivity index (χ1n) is 6.46. The molecule has 1 aromatic rings. The van der Waals surface area contributed by atoms with Crippen LogP contribution in [-0.2, 0) is 11.3 Å². The van der Waals surface area contributed by atoms with Gasteiger partial charge in [0.2, 0.25) is 0 Å². The van der Waals surface area contributed by atoms with Crippen LogP contribution < -0.4 is 0 Å². The molecular weight excluding hydrogens is 214 g/mol. The summed E-state index contributed by atoms with van der Waals surface area (Å²) in [7, 11) is 0. The molecule has 94 valence electrons. The maximum Gasteiger partial charge on any atom is 0.131 e. The number of nitrogens with zero attached hydrogens (tertiary/aromatic N) is 3. The average molecular weight is 235 g/mol. The topological polar surface area (TPSA) is 38.1 Å². The van der Waals surface area contributed by atoms with Gasteiger partial charge >= 0.3 is 0 Å². The van der Waals surface area contributed by atoms with Gasteiger partial charge in [-0.2, -0.15) is 5.10 Å². The van der Waals surface area contributed by atoms with Crippen molar-refractivity contribution in [3.8, 4) is 0 Å². The molecule has 1 aliphatic heterocycles. The summed E-state index contributed by atoms with van der Waals surface area (Å²) in [6.07, 6.45) is 8.19. The summed E-state index contributed by atoms with van der Waals surface area (Å²) in [4.78, 5) is 13.7. The van der Waals surface area contributed by atoms with E-state index >= 15 is 0 Å². The van der Waals surface area contributed by atoms with Gasteiger partial charge < -0.3 is 0 Å². The Morgan fingerprint density at radius 2 is 2.29 bits per heavy atom. The van der Waals surface area contributed by atoms with Crippen molar-refractivity contribution >= 4 is 5.78 Å². The first-order valence-corrected chi connectivity index (χ1v) is 6.46. The Morgan fingerprint density at radius 3 is 3.00 bits per heavy atom. The number of carbonyl (C=O) groups is 1. The molecule has 4 heteroatoms. The molecule has 0 amide bonds. The van der Waals surface area contributed by atoms with Gasteiger partial charge in [0.25, 0.3) is 0 Å². The van der Waals surface area contributed by atoms with E-state index in [1.807, 2.05) is 23.1 Å². The van der Waals surface area contributed by atoms with Gasteiger partial charge in [0.05, 0.1) is 6.54 Å². The number of piperidine rings is 1. The molecule has 1 fully saturated rings. The van der Waals surface area contributed by atoms with Gasteiger partial charge in [-0.25, -0.2) is 0 Å². The fourth-order valence-electron chi connectivity index (χ4n) is 2.58. The van der Waals surface area contributed by atoms with Gasteiger partial charge in [-0.15, -0.1) is 0 Å². The number of likely N-dealkylation sites (tertiary alicyclic amines) is 1. The van der Waals surface area contributed by atoms with Crippen molar-refractivity contribution in [2.45, 2.75) is 45.2 Å². The van der Waals surface area contributed by atoms with Gasteiger partial charge in [-0.05, 0) is 32.4 Å². The molecule has 0 radical (unpaired) electrons. The van der Waals surface area contributed by atoms with Crippen LogP contribution in [0, 0.1) is 0 Å². The van der Waals surface area contributed by atoms with Crippen LogP contribution in [0.5, 0.6) is 0 Å². The number of rotatable bonds is 5. The monoisotopic (exact) mass is 235 g/mol. The summed E-state index contributed by atoms with van der Waals surface area (Å²) in [5, 5.41) is 4.21. The van der Waals surface area contributed by atoms with Crippen molar-refractivity contribution in [1.29, 1.82) is 0 Å². The third kappa shape index (κ3) is 3.66. The smallest absolute Gasteiger partial charge is 0.131 e. The zero-order valence-electron chi connectivity index (χ0n) is 10.5. The number of aromatic nitrogens is 2. The second kappa shape index (κ2) is 5.96. The Balaban J connectivity index is 1.85. The zero-order chi connectivity index (χ0) is 12.1. The molecule has 2 rings (SSSR count). The normalized spacial score (nSPS) is 21.6. The third-order valence-electron chi connectivity index (χ3n) is 3.45. The standard InChI is InChI=1S/C13H21N3O/c1-12(17)11-13-5-2-3-7-15(13)9-10-16-8-4-6-14-16/h4,6,8,13H,2-3,5,7,9-11H2,1H3. The molecule has 0 N–H and O–H groups in total. The SMILES string of the molecule is CC(=O)CC1CCCCN1CCn1cccn1. The van der Waals surface area contributed by atoms with E-state index in [1.165, 1.54) is 19.3 Å². The molecular formula is C13H21N3O. The molecule has 4 nitrogen and oxygen atoms in total. The van der Waals surface area contributed by atoms with E-state index in [0.29, 0.717) is 18.2 Å². The highest BCUT2D eigenvalue weighted by molar-refractivity contribution is 5.76. The molecule has 1 atom stereocenters. The van der Waals surface area contributed by atoms with E-state index in [9.17, 15) is 4.79 Å². The molecule has 1 aliphatic rings. The molecule has 2 heterocycles. The lowest BCUT2D eigenvalue weighted by Gasteiger charge is -2.35. The minimum Gasteiger partial charge on any atom is -0.300 e. The second-order valence-corrected chi connectivity index (χ2v) is 4.86.